The number of aromatic nitrogens is 2. The SMILES string of the molecule is Cc1cccc(-n2c(=S)[nH]c3cc(C(=O)N4c5ccccc5CC4C)ccc3c2=O)c1C. The van der Waals surface area contributed by atoms with Crippen LogP contribution in [0.2, 0.25) is 0 Å². The smallest absolute Gasteiger partial charge is 0.266 e. The Hall–Kier alpha value is -3.51. The van der Waals surface area contributed by atoms with Gasteiger partial charge in [-0.15, -0.1) is 0 Å². The van der Waals surface area contributed by atoms with E-state index in [0.717, 1.165) is 28.9 Å². The molecule has 5 nitrogen and oxygen atoms in total. The van der Waals surface area contributed by atoms with Crippen molar-refractivity contribution in [3.05, 3.63) is 98.0 Å². The van der Waals surface area contributed by atoms with Gasteiger partial charge in [0.05, 0.1) is 16.6 Å². The zero-order chi connectivity index (χ0) is 22.6. The van der Waals surface area contributed by atoms with Gasteiger partial charge >= 0.3 is 0 Å². The first kappa shape index (κ1) is 20.4. The molecular weight excluding hydrogens is 418 g/mol. The topological polar surface area (TPSA) is 58.1 Å². The standard InChI is InChI=1S/C26H23N3O2S/c1-15-7-6-10-22(17(15)3)29-25(31)20-12-11-19(14-21(20)27-26(29)32)24(30)28-16(2)13-18-8-4-5-9-23(18)28/h4-12,14,16H,13H2,1-3H3,(H,27,32). The summed E-state index contributed by atoms with van der Waals surface area (Å²) >= 11 is 5.55. The Balaban J connectivity index is 1.62. The van der Waals surface area contributed by atoms with E-state index >= 15 is 0 Å². The number of benzene rings is 3. The molecule has 4 aromatic rings. The molecule has 0 saturated carbocycles. The summed E-state index contributed by atoms with van der Waals surface area (Å²) < 4.78 is 1.83. The fourth-order valence-electron chi connectivity index (χ4n) is 4.56. The second-order valence-electron chi connectivity index (χ2n) is 8.41. The Labute approximate surface area is 191 Å². The molecule has 1 aliphatic rings. The van der Waals surface area contributed by atoms with Gasteiger partial charge in [-0.05, 0) is 86.4 Å². The van der Waals surface area contributed by atoms with E-state index in [9.17, 15) is 9.59 Å². The van der Waals surface area contributed by atoms with Gasteiger partial charge < -0.3 is 9.88 Å². The summed E-state index contributed by atoms with van der Waals surface area (Å²) in [5.74, 6) is -0.0811. The molecule has 1 aromatic heterocycles. The van der Waals surface area contributed by atoms with E-state index < -0.39 is 0 Å². The minimum absolute atomic E-state index is 0.0754. The van der Waals surface area contributed by atoms with Crippen LogP contribution in [0.1, 0.15) is 34.0 Å². The average molecular weight is 442 g/mol. The molecule has 2 heterocycles. The van der Waals surface area contributed by atoms with Gasteiger partial charge in [0.2, 0.25) is 0 Å². The van der Waals surface area contributed by atoms with Crippen molar-refractivity contribution in [3.63, 3.8) is 0 Å². The van der Waals surface area contributed by atoms with Crippen LogP contribution >= 0.6 is 12.2 Å². The van der Waals surface area contributed by atoms with Gasteiger partial charge in [-0.25, -0.2) is 0 Å². The molecular formula is C26H23N3O2S. The minimum atomic E-state index is -0.198. The number of rotatable bonds is 2. The van der Waals surface area contributed by atoms with Crippen molar-refractivity contribution in [3.8, 4) is 5.69 Å². The first-order chi connectivity index (χ1) is 15.4. The van der Waals surface area contributed by atoms with E-state index in [0.29, 0.717) is 21.2 Å². The van der Waals surface area contributed by atoms with Gasteiger partial charge in [0.1, 0.15) is 0 Å². The molecule has 1 atom stereocenters. The van der Waals surface area contributed by atoms with Crippen molar-refractivity contribution in [1.82, 2.24) is 9.55 Å². The number of amides is 1. The van der Waals surface area contributed by atoms with Gasteiger partial charge in [-0.3, -0.25) is 14.2 Å². The molecule has 1 unspecified atom stereocenters. The van der Waals surface area contributed by atoms with E-state index in [1.807, 2.05) is 55.1 Å². The number of carbonyl (C=O) groups excluding carboxylic acids is 1. The fraction of sp³-hybridized carbons (Fsp3) is 0.192. The first-order valence-corrected chi connectivity index (χ1v) is 11.0. The van der Waals surface area contributed by atoms with Gasteiger partial charge in [-0.2, -0.15) is 0 Å². The lowest BCUT2D eigenvalue weighted by Gasteiger charge is -2.23. The molecule has 0 radical (unpaired) electrons. The summed E-state index contributed by atoms with van der Waals surface area (Å²) in [6.07, 6.45) is 0.832. The monoisotopic (exact) mass is 441 g/mol. The number of hydrogen-bond acceptors (Lipinski definition) is 3. The van der Waals surface area contributed by atoms with Crippen molar-refractivity contribution >= 4 is 34.7 Å². The van der Waals surface area contributed by atoms with Gasteiger partial charge in [0, 0.05) is 17.3 Å². The molecule has 0 spiro atoms. The third kappa shape index (κ3) is 3.10. The van der Waals surface area contributed by atoms with Gasteiger partial charge in [0.25, 0.3) is 11.5 Å². The maximum atomic E-state index is 13.4. The van der Waals surface area contributed by atoms with Crippen LogP contribution in [-0.4, -0.2) is 21.5 Å². The Morgan fingerprint density at radius 1 is 1.03 bits per heavy atom. The summed E-state index contributed by atoms with van der Waals surface area (Å²) in [5.41, 5.74) is 5.86. The number of carbonyl (C=O) groups is 1. The number of aromatic amines is 1. The van der Waals surface area contributed by atoms with E-state index in [2.05, 4.69) is 18.0 Å². The Morgan fingerprint density at radius 3 is 2.59 bits per heavy atom. The van der Waals surface area contributed by atoms with Crippen molar-refractivity contribution in [2.75, 3.05) is 4.90 Å². The number of H-pyrrole nitrogens is 1. The fourth-order valence-corrected chi connectivity index (χ4v) is 4.85. The number of fused-ring (bicyclic) bond motifs is 2. The summed E-state index contributed by atoms with van der Waals surface area (Å²) in [4.78, 5) is 31.8. The third-order valence-corrected chi connectivity index (χ3v) is 6.67. The highest BCUT2D eigenvalue weighted by atomic mass is 32.1. The Morgan fingerprint density at radius 2 is 1.78 bits per heavy atom. The quantitative estimate of drug-likeness (QED) is 0.432. The Kier molecular flexibility index (Phi) is 4.82. The molecule has 1 aliphatic heterocycles. The maximum absolute atomic E-state index is 13.4. The molecule has 1 amide bonds. The van der Waals surface area contributed by atoms with Gasteiger partial charge in [0.15, 0.2) is 4.77 Å². The van der Waals surface area contributed by atoms with Gasteiger partial charge in [-0.1, -0.05) is 30.3 Å². The van der Waals surface area contributed by atoms with Crippen LogP contribution in [0, 0.1) is 18.6 Å². The molecule has 6 heteroatoms. The number of hydrogen-bond donors (Lipinski definition) is 1. The predicted octanol–water partition coefficient (Wildman–Crippen LogP) is 5.26. The van der Waals surface area contributed by atoms with Crippen LogP contribution in [0.25, 0.3) is 16.6 Å². The lowest BCUT2D eigenvalue weighted by atomic mass is 10.1. The molecule has 3 aromatic carbocycles. The lowest BCUT2D eigenvalue weighted by Crippen LogP contribution is -2.35. The van der Waals surface area contributed by atoms with E-state index in [-0.39, 0.29) is 17.5 Å². The summed E-state index contributed by atoms with van der Waals surface area (Å²) in [5, 5.41) is 0.492. The van der Waals surface area contributed by atoms with Crippen LogP contribution < -0.4 is 10.5 Å². The van der Waals surface area contributed by atoms with Crippen LogP contribution in [0.5, 0.6) is 0 Å². The molecule has 160 valence electrons. The molecule has 32 heavy (non-hydrogen) atoms. The van der Waals surface area contributed by atoms with Crippen molar-refractivity contribution in [2.24, 2.45) is 0 Å². The largest absolute Gasteiger partial charge is 0.331 e. The number of aryl methyl sites for hydroxylation is 1. The normalized spacial score (nSPS) is 15.2. The average Bonchev–Trinajstić information content (AvgIpc) is 3.11. The van der Waals surface area contributed by atoms with Crippen LogP contribution in [0.4, 0.5) is 5.69 Å². The molecule has 0 fully saturated rings. The number of nitrogens with one attached hydrogen (secondary N) is 1. The Bertz CT molecular complexity index is 1520. The van der Waals surface area contributed by atoms with E-state index in [1.54, 1.807) is 18.2 Å². The zero-order valence-corrected chi connectivity index (χ0v) is 19.0. The number of nitrogens with zero attached hydrogens (tertiary/aromatic N) is 2. The second kappa shape index (κ2) is 7.57. The number of para-hydroxylation sites is 1. The maximum Gasteiger partial charge on any atom is 0.266 e. The molecule has 0 saturated heterocycles. The highest BCUT2D eigenvalue weighted by Gasteiger charge is 2.31. The molecule has 5 rings (SSSR count). The number of anilines is 1. The van der Waals surface area contributed by atoms with Crippen LogP contribution in [0.3, 0.4) is 0 Å². The van der Waals surface area contributed by atoms with Crippen LogP contribution in [0.15, 0.2) is 65.5 Å². The van der Waals surface area contributed by atoms with Crippen molar-refractivity contribution in [2.45, 2.75) is 33.2 Å². The second-order valence-corrected chi connectivity index (χ2v) is 8.79. The van der Waals surface area contributed by atoms with Crippen molar-refractivity contribution in [1.29, 1.82) is 0 Å². The molecule has 1 N–H and O–H groups in total. The highest BCUT2D eigenvalue weighted by Crippen LogP contribution is 2.33. The summed E-state index contributed by atoms with van der Waals surface area (Å²) in [7, 11) is 0. The highest BCUT2D eigenvalue weighted by molar-refractivity contribution is 7.71. The predicted molar refractivity (Wildman–Crippen MR) is 131 cm³/mol. The van der Waals surface area contributed by atoms with E-state index in [4.69, 9.17) is 12.2 Å². The lowest BCUT2D eigenvalue weighted by molar-refractivity contribution is 0.0981. The van der Waals surface area contributed by atoms with Crippen LogP contribution in [-0.2, 0) is 6.42 Å². The van der Waals surface area contributed by atoms with E-state index in [1.165, 1.54) is 10.1 Å². The van der Waals surface area contributed by atoms with Crippen molar-refractivity contribution < 1.29 is 4.79 Å². The summed E-state index contributed by atoms with van der Waals surface area (Å²) in [6, 6.07) is 19.1. The molecule has 0 bridgehead atoms. The zero-order valence-electron chi connectivity index (χ0n) is 18.2. The first-order valence-electron chi connectivity index (χ1n) is 10.6. The minimum Gasteiger partial charge on any atom is -0.331 e. The third-order valence-electron chi connectivity index (χ3n) is 6.39. The summed E-state index contributed by atoms with van der Waals surface area (Å²) in [6.45, 7) is 6.04. The molecule has 0 aliphatic carbocycles.